The van der Waals surface area contributed by atoms with E-state index in [1.54, 1.807) is 13.3 Å². The Balaban J connectivity index is 1.93. The van der Waals surface area contributed by atoms with Crippen LogP contribution in [0.15, 0.2) is 10.7 Å². The Hall–Kier alpha value is -0.840. The first-order chi connectivity index (χ1) is 7.79. The summed E-state index contributed by atoms with van der Waals surface area (Å²) in [6, 6.07) is 0. The molecular formula is C11H16BrN3O. The topological polar surface area (TPSA) is 47.0 Å². The van der Waals surface area contributed by atoms with Crippen LogP contribution >= 0.6 is 15.9 Å². The second-order valence-corrected chi connectivity index (χ2v) is 4.94. The number of anilines is 1. The van der Waals surface area contributed by atoms with Crippen molar-refractivity contribution in [1.82, 2.24) is 9.97 Å². The Bertz CT molecular complexity index is 353. The van der Waals surface area contributed by atoms with Crippen LogP contribution in [0.5, 0.6) is 5.88 Å². The lowest BCUT2D eigenvalue weighted by Crippen LogP contribution is -2.13. The molecule has 0 spiro atoms. The molecule has 0 amide bonds. The first kappa shape index (κ1) is 11.6. The van der Waals surface area contributed by atoms with Gasteiger partial charge in [0.15, 0.2) is 0 Å². The molecule has 1 heterocycles. The number of ether oxygens (including phenoxy) is 1. The number of rotatable bonds is 4. The van der Waals surface area contributed by atoms with Gasteiger partial charge < -0.3 is 10.1 Å². The molecule has 1 N–H and O–H groups in total. The summed E-state index contributed by atoms with van der Waals surface area (Å²) < 4.78 is 5.90. The molecule has 4 nitrogen and oxygen atoms in total. The Morgan fingerprint density at radius 3 is 2.94 bits per heavy atom. The highest BCUT2D eigenvalue weighted by Gasteiger charge is 2.15. The normalized spacial score (nSPS) is 16.4. The third-order valence-corrected chi connectivity index (χ3v) is 3.47. The van der Waals surface area contributed by atoms with E-state index in [-0.39, 0.29) is 0 Å². The van der Waals surface area contributed by atoms with E-state index in [4.69, 9.17) is 4.74 Å². The summed E-state index contributed by atoms with van der Waals surface area (Å²) in [4.78, 5) is 8.46. The van der Waals surface area contributed by atoms with Crippen LogP contribution in [0.2, 0.25) is 0 Å². The van der Waals surface area contributed by atoms with Crippen LogP contribution in [0, 0.1) is 5.92 Å². The molecule has 5 heteroatoms. The summed E-state index contributed by atoms with van der Waals surface area (Å²) in [5, 5.41) is 3.27. The van der Waals surface area contributed by atoms with Gasteiger partial charge in [0.25, 0.3) is 0 Å². The molecule has 88 valence electrons. The lowest BCUT2D eigenvalue weighted by atomic mass is 10.1. The lowest BCUT2D eigenvalue weighted by Gasteiger charge is -2.11. The van der Waals surface area contributed by atoms with Crippen molar-refractivity contribution in [3.05, 3.63) is 10.7 Å². The van der Waals surface area contributed by atoms with Crippen LogP contribution in [0.3, 0.4) is 0 Å². The van der Waals surface area contributed by atoms with E-state index in [1.807, 2.05) is 0 Å². The van der Waals surface area contributed by atoms with Gasteiger partial charge in [-0.1, -0.05) is 12.8 Å². The number of aromatic nitrogens is 2. The van der Waals surface area contributed by atoms with Gasteiger partial charge in [0.1, 0.15) is 0 Å². The monoisotopic (exact) mass is 285 g/mol. The Morgan fingerprint density at radius 2 is 2.25 bits per heavy atom. The zero-order valence-corrected chi connectivity index (χ0v) is 11.0. The summed E-state index contributed by atoms with van der Waals surface area (Å²) in [7, 11) is 1.61. The standard InChI is InChI=1S/C11H16BrN3O/c1-16-10-9(12)7-14-11(15-10)13-6-8-4-2-3-5-8/h7-8H,2-6H2,1H3,(H,13,14,15). The molecule has 1 aromatic rings. The summed E-state index contributed by atoms with van der Waals surface area (Å²) in [5.74, 6) is 1.99. The number of nitrogens with zero attached hydrogens (tertiary/aromatic N) is 2. The predicted molar refractivity (Wildman–Crippen MR) is 66.7 cm³/mol. The Kier molecular flexibility index (Phi) is 3.98. The summed E-state index contributed by atoms with van der Waals surface area (Å²) >= 11 is 3.33. The van der Waals surface area contributed by atoms with E-state index in [0.29, 0.717) is 11.8 Å². The molecule has 1 aliphatic rings. The number of hydrogen-bond acceptors (Lipinski definition) is 4. The maximum Gasteiger partial charge on any atom is 0.232 e. The van der Waals surface area contributed by atoms with Crippen LogP contribution in [0.4, 0.5) is 5.95 Å². The minimum Gasteiger partial charge on any atom is -0.480 e. The minimum absolute atomic E-state index is 0.573. The summed E-state index contributed by atoms with van der Waals surface area (Å²) in [6.07, 6.45) is 7.07. The lowest BCUT2D eigenvalue weighted by molar-refractivity contribution is 0.394. The molecule has 0 radical (unpaired) electrons. The van der Waals surface area contributed by atoms with Gasteiger partial charge >= 0.3 is 0 Å². The predicted octanol–water partition coefficient (Wildman–Crippen LogP) is 2.85. The van der Waals surface area contributed by atoms with Crippen molar-refractivity contribution in [2.45, 2.75) is 25.7 Å². The van der Waals surface area contributed by atoms with Gasteiger partial charge in [0.05, 0.1) is 17.8 Å². The van der Waals surface area contributed by atoms with Crippen molar-refractivity contribution in [2.24, 2.45) is 5.92 Å². The maximum atomic E-state index is 5.12. The van der Waals surface area contributed by atoms with Crippen molar-refractivity contribution in [3.63, 3.8) is 0 Å². The van der Waals surface area contributed by atoms with Crippen molar-refractivity contribution in [3.8, 4) is 5.88 Å². The maximum absolute atomic E-state index is 5.12. The number of halogens is 1. The SMILES string of the molecule is COc1nc(NCC2CCCC2)ncc1Br. The van der Waals surface area contributed by atoms with E-state index in [2.05, 4.69) is 31.2 Å². The van der Waals surface area contributed by atoms with Crippen LogP contribution in [0.1, 0.15) is 25.7 Å². The highest BCUT2D eigenvalue weighted by Crippen LogP contribution is 2.25. The quantitative estimate of drug-likeness (QED) is 0.924. The Morgan fingerprint density at radius 1 is 1.50 bits per heavy atom. The van der Waals surface area contributed by atoms with Crippen LogP contribution < -0.4 is 10.1 Å². The van der Waals surface area contributed by atoms with E-state index in [0.717, 1.165) is 16.9 Å². The van der Waals surface area contributed by atoms with E-state index < -0.39 is 0 Å². The van der Waals surface area contributed by atoms with Crippen molar-refractivity contribution in [2.75, 3.05) is 19.0 Å². The van der Waals surface area contributed by atoms with Gasteiger partial charge in [-0.2, -0.15) is 4.98 Å². The highest BCUT2D eigenvalue weighted by molar-refractivity contribution is 9.10. The van der Waals surface area contributed by atoms with Gasteiger partial charge in [-0.3, -0.25) is 0 Å². The molecule has 16 heavy (non-hydrogen) atoms. The number of hydrogen-bond donors (Lipinski definition) is 1. The van der Waals surface area contributed by atoms with Crippen LogP contribution in [-0.2, 0) is 0 Å². The fraction of sp³-hybridized carbons (Fsp3) is 0.636. The fourth-order valence-electron chi connectivity index (χ4n) is 2.03. The largest absolute Gasteiger partial charge is 0.480 e. The molecule has 2 rings (SSSR count). The zero-order chi connectivity index (χ0) is 11.4. The second-order valence-electron chi connectivity index (χ2n) is 4.08. The molecule has 1 aromatic heterocycles. The molecular weight excluding hydrogens is 270 g/mol. The third-order valence-electron chi connectivity index (χ3n) is 2.93. The number of methoxy groups -OCH3 is 1. The molecule has 0 bridgehead atoms. The van der Waals surface area contributed by atoms with Gasteiger partial charge in [-0.25, -0.2) is 4.98 Å². The van der Waals surface area contributed by atoms with Crippen LogP contribution in [0.25, 0.3) is 0 Å². The first-order valence-corrected chi connectivity index (χ1v) is 6.39. The average Bonchev–Trinajstić information content (AvgIpc) is 2.81. The number of nitrogens with one attached hydrogen (secondary N) is 1. The third kappa shape index (κ3) is 2.84. The van der Waals surface area contributed by atoms with Gasteiger partial charge in [0.2, 0.25) is 11.8 Å². The molecule has 1 saturated carbocycles. The van der Waals surface area contributed by atoms with E-state index >= 15 is 0 Å². The summed E-state index contributed by atoms with van der Waals surface area (Å²) in [5.41, 5.74) is 0. The molecule has 0 atom stereocenters. The van der Waals surface area contributed by atoms with Gasteiger partial charge in [-0.15, -0.1) is 0 Å². The van der Waals surface area contributed by atoms with Gasteiger partial charge in [-0.05, 0) is 34.7 Å². The van der Waals surface area contributed by atoms with Crippen molar-refractivity contribution >= 4 is 21.9 Å². The second kappa shape index (κ2) is 5.48. The highest BCUT2D eigenvalue weighted by atomic mass is 79.9. The average molecular weight is 286 g/mol. The molecule has 1 aliphatic carbocycles. The molecule has 0 aliphatic heterocycles. The van der Waals surface area contributed by atoms with Gasteiger partial charge in [0, 0.05) is 6.54 Å². The van der Waals surface area contributed by atoms with Crippen molar-refractivity contribution in [1.29, 1.82) is 0 Å². The summed E-state index contributed by atoms with van der Waals surface area (Å²) in [6.45, 7) is 0.963. The zero-order valence-electron chi connectivity index (χ0n) is 9.37. The van der Waals surface area contributed by atoms with Crippen LogP contribution in [-0.4, -0.2) is 23.6 Å². The van der Waals surface area contributed by atoms with E-state index in [9.17, 15) is 0 Å². The fourth-order valence-corrected chi connectivity index (χ4v) is 2.38. The molecule has 0 unspecified atom stereocenters. The molecule has 0 aromatic carbocycles. The Labute approximate surface area is 104 Å². The smallest absolute Gasteiger partial charge is 0.232 e. The molecule has 1 fully saturated rings. The van der Waals surface area contributed by atoms with E-state index in [1.165, 1.54) is 25.7 Å². The first-order valence-electron chi connectivity index (χ1n) is 5.60. The molecule has 0 saturated heterocycles. The van der Waals surface area contributed by atoms with Crippen molar-refractivity contribution < 1.29 is 4.74 Å². The minimum atomic E-state index is 0.573.